The van der Waals surface area contributed by atoms with Crippen molar-refractivity contribution in [3.05, 3.63) is 54.1 Å². The quantitative estimate of drug-likeness (QED) is 0.346. The Morgan fingerprint density at radius 2 is 1.87 bits per heavy atom. The smallest absolute Gasteiger partial charge is 0.416 e. The molecule has 204 valence electrons. The standard InChI is InChI=1S/C26H25F4N7O2/c1-14(38)36(20-12-16(26(28,29)30)4-5-18(20)27)19-6-3-15(11-21(19)39-2)23-22-24(31)33-13-34-25(22)37(35-23)17-7-9-32-10-8-17/h3-6,11-13,17,32H,7-10H2,1-2H3,(H2,31,33,34). The Hall–Kier alpha value is -4.26. The summed E-state index contributed by atoms with van der Waals surface area (Å²) in [7, 11) is 1.34. The van der Waals surface area contributed by atoms with E-state index in [1.165, 1.54) is 19.5 Å². The van der Waals surface area contributed by atoms with Gasteiger partial charge in [-0.2, -0.15) is 18.3 Å². The SMILES string of the molecule is COc1cc(-c2nn(C3CCNCC3)c3ncnc(N)c23)ccc1N(C(C)=O)c1cc(C(F)(F)F)ccc1F. The number of carbonyl (C=O) groups excluding carboxylic acids is 1. The first-order valence-electron chi connectivity index (χ1n) is 12.2. The zero-order valence-corrected chi connectivity index (χ0v) is 21.1. The first-order chi connectivity index (χ1) is 18.6. The van der Waals surface area contributed by atoms with E-state index in [1.54, 1.807) is 12.1 Å². The number of carbonyl (C=O) groups is 1. The van der Waals surface area contributed by atoms with Gasteiger partial charge >= 0.3 is 6.18 Å². The van der Waals surface area contributed by atoms with Crippen LogP contribution >= 0.6 is 0 Å². The summed E-state index contributed by atoms with van der Waals surface area (Å²) in [5, 5.41) is 8.68. The molecule has 3 N–H and O–H groups in total. The van der Waals surface area contributed by atoms with Crippen LogP contribution in [0.2, 0.25) is 0 Å². The van der Waals surface area contributed by atoms with Crippen LogP contribution in [0.3, 0.4) is 0 Å². The number of piperidine rings is 1. The van der Waals surface area contributed by atoms with Crippen LogP contribution in [0.25, 0.3) is 22.3 Å². The third-order valence-electron chi connectivity index (χ3n) is 6.70. The molecule has 5 rings (SSSR count). The van der Waals surface area contributed by atoms with Gasteiger partial charge in [0.05, 0.1) is 35.5 Å². The van der Waals surface area contributed by atoms with Gasteiger partial charge in [-0.25, -0.2) is 19.0 Å². The van der Waals surface area contributed by atoms with Crippen molar-refractivity contribution in [2.45, 2.75) is 32.0 Å². The molecule has 0 unspecified atom stereocenters. The fourth-order valence-electron chi connectivity index (χ4n) is 4.84. The van der Waals surface area contributed by atoms with Gasteiger partial charge in [-0.3, -0.25) is 9.69 Å². The number of benzene rings is 2. The molecule has 1 aliphatic rings. The van der Waals surface area contributed by atoms with E-state index in [9.17, 15) is 22.4 Å². The van der Waals surface area contributed by atoms with Crippen molar-refractivity contribution >= 4 is 34.1 Å². The molecule has 0 spiro atoms. The largest absolute Gasteiger partial charge is 0.495 e. The van der Waals surface area contributed by atoms with Crippen molar-refractivity contribution < 1.29 is 27.1 Å². The molecule has 1 aliphatic heterocycles. The van der Waals surface area contributed by atoms with Gasteiger partial charge in [0.15, 0.2) is 5.65 Å². The number of alkyl halides is 3. The molecule has 13 heteroatoms. The summed E-state index contributed by atoms with van der Waals surface area (Å²) in [4.78, 5) is 22.0. The highest BCUT2D eigenvalue weighted by Gasteiger charge is 2.33. The van der Waals surface area contributed by atoms with Crippen molar-refractivity contribution in [2.24, 2.45) is 0 Å². The zero-order chi connectivity index (χ0) is 27.9. The minimum Gasteiger partial charge on any atom is -0.495 e. The number of anilines is 3. The summed E-state index contributed by atoms with van der Waals surface area (Å²) >= 11 is 0. The number of ether oxygens (including phenoxy) is 1. The number of aromatic nitrogens is 4. The van der Waals surface area contributed by atoms with E-state index < -0.39 is 29.2 Å². The van der Waals surface area contributed by atoms with Crippen molar-refractivity contribution in [1.82, 2.24) is 25.1 Å². The molecule has 39 heavy (non-hydrogen) atoms. The average molecular weight is 544 g/mol. The lowest BCUT2D eigenvalue weighted by atomic mass is 10.1. The molecule has 1 amide bonds. The van der Waals surface area contributed by atoms with Gasteiger partial charge in [-0.15, -0.1) is 0 Å². The molecule has 0 radical (unpaired) electrons. The summed E-state index contributed by atoms with van der Waals surface area (Å²) in [6.45, 7) is 2.79. The second-order valence-corrected chi connectivity index (χ2v) is 9.14. The third kappa shape index (κ3) is 4.85. The monoisotopic (exact) mass is 543 g/mol. The van der Waals surface area contributed by atoms with Crippen LogP contribution in [0.1, 0.15) is 31.4 Å². The Balaban J connectivity index is 1.64. The van der Waals surface area contributed by atoms with Gasteiger partial charge in [0, 0.05) is 12.5 Å². The lowest BCUT2D eigenvalue weighted by Gasteiger charge is -2.25. The number of methoxy groups -OCH3 is 1. The highest BCUT2D eigenvalue weighted by Crippen LogP contribution is 2.42. The van der Waals surface area contributed by atoms with Crippen molar-refractivity contribution in [2.75, 3.05) is 30.8 Å². The fraction of sp³-hybridized carbons (Fsp3) is 0.308. The third-order valence-corrected chi connectivity index (χ3v) is 6.70. The van der Waals surface area contributed by atoms with Crippen LogP contribution in [-0.2, 0) is 11.0 Å². The second-order valence-electron chi connectivity index (χ2n) is 9.14. The van der Waals surface area contributed by atoms with Crippen molar-refractivity contribution in [3.8, 4) is 17.0 Å². The number of halogens is 4. The Labute approximate surface area is 220 Å². The lowest BCUT2D eigenvalue weighted by Crippen LogP contribution is -2.30. The van der Waals surface area contributed by atoms with Crippen molar-refractivity contribution in [1.29, 1.82) is 0 Å². The summed E-state index contributed by atoms with van der Waals surface area (Å²) in [5.74, 6) is -1.37. The maximum absolute atomic E-state index is 14.8. The van der Waals surface area contributed by atoms with E-state index in [4.69, 9.17) is 15.6 Å². The second kappa shape index (κ2) is 10.1. The van der Waals surface area contributed by atoms with Crippen LogP contribution in [0, 0.1) is 5.82 Å². The van der Waals surface area contributed by atoms with E-state index >= 15 is 0 Å². The normalized spacial score (nSPS) is 14.5. The van der Waals surface area contributed by atoms with Gasteiger partial charge < -0.3 is 15.8 Å². The number of hydrogen-bond acceptors (Lipinski definition) is 7. The van der Waals surface area contributed by atoms with E-state index in [-0.39, 0.29) is 23.3 Å². The van der Waals surface area contributed by atoms with Crippen LogP contribution in [0.15, 0.2) is 42.7 Å². The number of hydrogen-bond donors (Lipinski definition) is 2. The first-order valence-corrected chi connectivity index (χ1v) is 12.2. The van der Waals surface area contributed by atoms with E-state index in [1.807, 2.05) is 4.68 Å². The molecule has 1 fully saturated rings. The van der Waals surface area contributed by atoms with Gasteiger partial charge in [0.2, 0.25) is 5.91 Å². The molecule has 3 heterocycles. The molecule has 2 aromatic carbocycles. The molecule has 9 nitrogen and oxygen atoms in total. The molecule has 0 aliphatic carbocycles. The first kappa shape index (κ1) is 26.4. The van der Waals surface area contributed by atoms with Crippen LogP contribution in [0.4, 0.5) is 34.8 Å². The lowest BCUT2D eigenvalue weighted by molar-refractivity contribution is -0.137. The average Bonchev–Trinajstić information content (AvgIpc) is 3.31. The van der Waals surface area contributed by atoms with Crippen molar-refractivity contribution in [3.63, 3.8) is 0 Å². The molecular formula is C26H25F4N7O2. The molecule has 4 aromatic rings. The van der Waals surface area contributed by atoms with Gasteiger partial charge in [0.25, 0.3) is 0 Å². The molecule has 0 bridgehead atoms. The zero-order valence-electron chi connectivity index (χ0n) is 21.1. The highest BCUT2D eigenvalue weighted by atomic mass is 19.4. The maximum atomic E-state index is 14.8. The Morgan fingerprint density at radius 1 is 1.13 bits per heavy atom. The van der Waals surface area contributed by atoms with E-state index in [0.29, 0.717) is 40.5 Å². The van der Waals surface area contributed by atoms with Gasteiger partial charge in [0.1, 0.15) is 29.4 Å². The predicted molar refractivity (Wildman–Crippen MR) is 137 cm³/mol. The Morgan fingerprint density at radius 3 is 2.54 bits per heavy atom. The highest BCUT2D eigenvalue weighted by molar-refractivity contribution is 6.02. The maximum Gasteiger partial charge on any atom is 0.416 e. The van der Waals surface area contributed by atoms with Crippen LogP contribution in [0.5, 0.6) is 5.75 Å². The number of nitrogen functional groups attached to an aromatic ring is 1. The summed E-state index contributed by atoms with van der Waals surface area (Å²) in [6.07, 6.45) is -1.66. The molecule has 1 saturated heterocycles. The number of nitrogens with zero attached hydrogens (tertiary/aromatic N) is 5. The number of nitrogens with one attached hydrogen (secondary N) is 1. The molecule has 2 aromatic heterocycles. The van der Waals surface area contributed by atoms with Gasteiger partial charge in [-0.1, -0.05) is 6.07 Å². The summed E-state index contributed by atoms with van der Waals surface area (Å²) in [5.41, 5.74) is 6.24. The predicted octanol–water partition coefficient (Wildman–Crippen LogP) is 4.85. The molecule has 0 saturated carbocycles. The number of amides is 1. The molecular weight excluding hydrogens is 518 g/mol. The van der Waals surface area contributed by atoms with Crippen LogP contribution in [-0.4, -0.2) is 45.9 Å². The minimum atomic E-state index is -4.73. The number of nitrogens with two attached hydrogens (primary N) is 1. The number of fused-ring (bicyclic) bond motifs is 1. The number of rotatable bonds is 5. The summed E-state index contributed by atoms with van der Waals surface area (Å²) < 4.78 is 62.2. The van der Waals surface area contributed by atoms with E-state index in [0.717, 1.165) is 37.8 Å². The Bertz CT molecular complexity index is 1550. The minimum absolute atomic E-state index is 0.0540. The van der Waals surface area contributed by atoms with Gasteiger partial charge in [-0.05, 0) is 56.3 Å². The topological polar surface area (TPSA) is 111 Å². The summed E-state index contributed by atoms with van der Waals surface area (Å²) in [6, 6.07) is 6.62. The van der Waals surface area contributed by atoms with E-state index in [2.05, 4.69) is 15.3 Å². The van der Waals surface area contributed by atoms with Crippen LogP contribution < -0.4 is 20.7 Å². The Kier molecular flexibility index (Phi) is 6.85. The molecule has 0 atom stereocenters. The fourth-order valence-corrected chi connectivity index (χ4v) is 4.84.